The van der Waals surface area contributed by atoms with Crippen molar-refractivity contribution in [2.75, 3.05) is 0 Å². The van der Waals surface area contributed by atoms with Crippen molar-refractivity contribution in [2.45, 2.75) is 6.18 Å². The lowest BCUT2D eigenvalue weighted by Gasteiger charge is -2.06. The van der Waals surface area contributed by atoms with E-state index < -0.39 is 11.7 Å². The molecule has 0 saturated heterocycles. The Morgan fingerprint density at radius 1 is 1.00 bits per heavy atom. The van der Waals surface area contributed by atoms with Gasteiger partial charge in [-0.2, -0.15) is 13.2 Å². The van der Waals surface area contributed by atoms with Gasteiger partial charge in [0.1, 0.15) is 0 Å². The van der Waals surface area contributed by atoms with Crippen LogP contribution in [0.2, 0.25) is 0 Å². The molecule has 2 heterocycles. The molecule has 0 N–H and O–H groups in total. The van der Waals surface area contributed by atoms with Crippen molar-refractivity contribution in [1.82, 2.24) is 10.2 Å². The Hall–Kier alpha value is -2.15. The zero-order chi connectivity index (χ0) is 14.2. The van der Waals surface area contributed by atoms with E-state index in [1.165, 1.54) is 23.5 Å². The highest BCUT2D eigenvalue weighted by Gasteiger charge is 2.30. The number of benzene rings is 1. The Kier molecular flexibility index (Phi) is 3.06. The molecule has 102 valence electrons. The molecule has 0 unspecified atom stereocenters. The molecule has 0 aliphatic rings. The predicted octanol–water partition coefficient (Wildman–Crippen LogP) is 4.48. The van der Waals surface area contributed by atoms with Crippen LogP contribution in [0, 0.1) is 0 Å². The molecule has 0 fully saturated rings. The van der Waals surface area contributed by atoms with Gasteiger partial charge >= 0.3 is 6.18 Å². The normalized spacial score (nSPS) is 11.8. The fourth-order valence-corrected chi connectivity index (χ4v) is 2.31. The number of aromatic nitrogens is 2. The number of halogens is 3. The van der Waals surface area contributed by atoms with Gasteiger partial charge in [-0.3, -0.25) is 0 Å². The van der Waals surface area contributed by atoms with Crippen molar-refractivity contribution in [3.63, 3.8) is 0 Å². The molecule has 0 aliphatic carbocycles. The Balaban J connectivity index is 1.98. The van der Waals surface area contributed by atoms with E-state index in [1.807, 2.05) is 11.4 Å². The number of rotatable bonds is 2. The highest BCUT2D eigenvalue weighted by molar-refractivity contribution is 7.13. The Bertz CT molecular complexity index is 719. The molecular weight excluding hydrogens is 289 g/mol. The summed E-state index contributed by atoms with van der Waals surface area (Å²) in [5.41, 5.74) is -0.499. The summed E-state index contributed by atoms with van der Waals surface area (Å²) in [6, 6.07) is 8.43. The third-order valence-electron chi connectivity index (χ3n) is 2.59. The molecule has 0 bridgehead atoms. The third-order valence-corrected chi connectivity index (χ3v) is 3.45. The second kappa shape index (κ2) is 4.75. The molecule has 3 nitrogen and oxygen atoms in total. The van der Waals surface area contributed by atoms with Gasteiger partial charge in [-0.1, -0.05) is 12.1 Å². The Morgan fingerprint density at radius 3 is 2.50 bits per heavy atom. The Labute approximate surface area is 115 Å². The monoisotopic (exact) mass is 296 g/mol. The van der Waals surface area contributed by atoms with E-state index in [9.17, 15) is 13.2 Å². The van der Waals surface area contributed by atoms with Crippen molar-refractivity contribution >= 4 is 11.3 Å². The maximum atomic E-state index is 12.6. The van der Waals surface area contributed by atoms with Crippen LogP contribution in [-0.4, -0.2) is 10.2 Å². The molecule has 1 aromatic carbocycles. The van der Waals surface area contributed by atoms with Crippen LogP contribution >= 0.6 is 11.3 Å². The zero-order valence-electron chi connectivity index (χ0n) is 9.89. The molecule has 0 aliphatic heterocycles. The summed E-state index contributed by atoms with van der Waals surface area (Å²) in [5.74, 6) is 0.368. The van der Waals surface area contributed by atoms with Crippen LogP contribution in [0.15, 0.2) is 46.2 Å². The summed E-state index contributed by atoms with van der Waals surface area (Å²) in [5, 5.41) is 9.48. The van der Waals surface area contributed by atoms with Gasteiger partial charge in [0.25, 0.3) is 5.89 Å². The first-order chi connectivity index (χ1) is 9.54. The molecule has 0 saturated carbocycles. The minimum atomic E-state index is -4.40. The topological polar surface area (TPSA) is 38.9 Å². The molecule has 7 heteroatoms. The number of alkyl halides is 3. The SMILES string of the molecule is FC(F)(F)c1cccc(-c2nnc(-c3cccs3)o2)c1. The van der Waals surface area contributed by atoms with Gasteiger partial charge in [-0.15, -0.1) is 21.5 Å². The maximum Gasteiger partial charge on any atom is 0.416 e. The second-order valence-corrected chi connectivity index (χ2v) is 4.92. The lowest BCUT2D eigenvalue weighted by atomic mass is 10.1. The minimum absolute atomic E-state index is 0.0690. The number of nitrogens with zero attached hydrogens (tertiary/aromatic N) is 2. The van der Waals surface area contributed by atoms with Gasteiger partial charge in [0, 0.05) is 5.56 Å². The lowest BCUT2D eigenvalue weighted by Crippen LogP contribution is -2.04. The van der Waals surface area contributed by atoms with Gasteiger partial charge in [0.15, 0.2) is 0 Å². The minimum Gasteiger partial charge on any atom is -0.415 e. The molecular formula is C13H7F3N2OS. The lowest BCUT2D eigenvalue weighted by molar-refractivity contribution is -0.137. The van der Waals surface area contributed by atoms with E-state index in [0.717, 1.165) is 17.0 Å². The van der Waals surface area contributed by atoms with Crippen molar-refractivity contribution in [1.29, 1.82) is 0 Å². The van der Waals surface area contributed by atoms with Crippen molar-refractivity contribution < 1.29 is 17.6 Å². The van der Waals surface area contributed by atoms with Crippen molar-refractivity contribution in [3.8, 4) is 22.2 Å². The first kappa shape index (κ1) is 12.9. The largest absolute Gasteiger partial charge is 0.416 e. The van der Waals surface area contributed by atoms with E-state index in [4.69, 9.17) is 4.42 Å². The van der Waals surface area contributed by atoms with Gasteiger partial charge in [0.05, 0.1) is 10.4 Å². The fourth-order valence-electron chi connectivity index (χ4n) is 1.67. The molecule has 20 heavy (non-hydrogen) atoms. The summed E-state index contributed by atoms with van der Waals surface area (Å²) in [7, 11) is 0. The van der Waals surface area contributed by atoms with Gasteiger partial charge < -0.3 is 4.42 Å². The van der Waals surface area contributed by atoms with Crippen LogP contribution in [-0.2, 0) is 6.18 Å². The predicted molar refractivity (Wildman–Crippen MR) is 68.0 cm³/mol. The van der Waals surface area contributed by atoms with E-state index in [2.05, 4.69) is 10.2 Å². The third kappa shape index (κ3) is 2.44. The molecule has 3 rings (SSSR count). The first-order valence-corrected chi connectivity index (χ1v) is 6.47. The summed E-state index contributed by atoms with van der Waals surface area (Å²) < 4.78 is 43.3. The van der Waals surface area contributed by atoms with Crippen LogP contribution < -0.4 is 0 Å². The zero-order valence-corrected chi connectivity index (χ0v) is 10.7. The molecule has 0 radical (unpaired) electrons. The van der Waals surface area contributed by atoms with Crippen LogP contribution in [0.25, 0.3) is 22.2 Å². The van der Waals surface area contributed by atoms with E-state index in [1.54, 1.807) is 6.07 Å². The van der Waals surface area contributed by atoms with Crippen molar-refractivity contribution in [3.05, 3.63) is 47.3 Å². The average Bonchev–Trinajstić information content (AvgIpc) is 3.09. The molecule has 3 aromatic rings. The standard InChI is InChI=1S/C13H7F3N2OS/c14-13(15,16)9-4-1-3-8(7-9)11-17-18-12(19-11)10-5-2-6-20-10/h1-7H. The smallest absolute Gasteiger partial charge is 0.415 e. The summed E-state index contributed by atoms with van der Waals surface area (Å²) in [4.78, 5) is 0.774. The quantitative estimate of drug-likeness (QED) is 0.699. The first-order valence-electron chi connectivity index (χ1n) is 5.59. The number of hydrogen-bond donors (Lipinski definition) is 0. The van der Waals surface area contributed by atoms with E-state index >= 15 is 0 Å². The van der Waals surface area contributed by atoms with Crippen LogP contribution in [0.3, 0.4) is 0 Å². The second-order valence-electron chi connectivity index (χ2n) is 3.97. The van der Waals surface area contributed by atoms with Crippen LogP contribution in [0.5, 0.6) is 0 Å². The maximum absolute atomic E-state index is 12.6. The van der Waals surface area contributed by atoms with Gasteiger partial charge in [-0.05, 0) is 29.6 Å². The Morgan fingerprint density at radius 2 is 1.80 bits per heavy atom. The molecule has 0 spiro atoms. The number of hydrogen-bond acceptors (Lipinski definition) is 4. The number of thiophene rings is 1. The molecule has 0 amide bonds. The highest BCUT2D eigenvalue weighted by Crippen LogP contribution is 2.32. The van der Waals surface area contributed by atoms with Crippen LogP contribution in [0.1, 0.15) is 5.56 Å². The van der Waals surface area contributed by atoms with E-state index in [-0.39, 0.29) is 11.5 Å². The average molecular weight is 296 g/mol. The molecule has 0 atom stereocenters. The highest BCUT2D eigenvalue weighted by atomic mass is 32.1. The van der Waals surface area contributed by atoms with E-state index in [0.29, 0.717) is 5.89 Å². The summed E-state index contributed by atoms with van der Waals surface area (Å²) >= 11 is 1.42. The molecule has 2 aromatic heterocycles. The van der Waals surface area contributed by atoms with Crippen molar-refractivity contribution in [2.24, 2.45) is 0 Å². The van der Waals surface area contributed by atoms with Gasteiger partial charge in [-0.25, -0.2) is 0 Å². The van der Waals surface area contributed by atoms with Crippen LogP contribution in [0.4, 0.5) is 13.2 Å². The van der Waals surface area contributed by atoms with Gasteiger partial charge in [0.2, 0.25) is 5.89 Å². The summed E-state index contributed by atoms with van der Waals surface area (Å²) in [6.45, 7) is 0. The fraction of sp³-hybridized carbons (Fsp3) is 0.0769. The summed E-state index contributed by atoms with van der Waals surface area (Å²) in [6.07, 6.45) is -4.40.